The molecule has 0 aromatic carbocycles. The third-order valence-corrected chi connectivity index (χ3v) is 1.02. The normalized spacial score (nSPS) is 11.6. The van der Waals surface area contributed by atoms with Gasteiger partial charge < -0.3 is 0 Å². The molecule has 0 saturated carbocycles. The van der Waals surface area contributed by atoms with E-state index < -0.39 is 0 Å². The molecule has 0 N–H and O–H groups in total. The summed E-state index contributed by atoms with van der Waals surface area (Å²) in [5.74, 6) is 0. The lowest BCUT2D eigenvalue weighted by atomic mass is 10.3. The fourth-order valence-corrected chi connectivity index (χ4v) is 0.524. The van der Waals surface area contributed by atoms with E-state index in [9.17, 15) is 0 Å². The van der Waals surface area contributed by atoms with E-state index in [0.717, 1.165) is 6.42 Å². The Labute approximate surface area is 68.9 Å². The van der Waals surface area contributed by atoms with Gasteiger partial charge in [0.15, 0.2) is 0 Å². The minimum absolute atomic E-state index is 0.926. The van der Waals surface area contributed by atoms with Crippen molar-refractivity contribution in [1.29, 1.82) is 0 Å². The van der Waals surface area contributed by atoms with Crippen LogP contribution in [0.4, 0.5) is 0 Å². The molecule has 11 heavy (non-hydrogen) atoms. The molecule has 0 aliphatic rings. The van der Waals surface area contributed by atoms with Crippen LogP contribution in [0.3, 0.4) is 0 Å². The lowest BCUT2D eigenvalue weighted by Crippen LogP contribution is -1.53. The molecule has 0 amide bonds. The van der Waals surface area contributed by atoms with E-state index in [2.05, 4.69) is 13.2 Å². The van der Waals surface area contributed by atoms with E-state index in [1.807, 2.05) is 42.5 Å². The molecule has 0 saturated heterocycles. The Balaban J connectivity index is 3.50. The Morgan fingerprint density at radius 2 is 1.45 bits per heavy atom. The summed E-state index contributed by atoms with van der Waals surface area (Å²) < 4.78 is 0. The van der Waals surface area contributed by atoms with E-state index in [1.54, 1.807) is 6.08 Å². The van der Waals surface area contributed by atoms with Crippen molar-refractivity contribution in [2.45, 2.75) is 6.42 Å². The van der Waals surface area contributed by atoms with E-state index in [1.165, 1.54) is 0 Å². The highest BCUT2D eigenvalue weighted by atomic mass is 13.7. The van der Waals surface area contributed by atoms with Gasteiger partial charge in [0.25, 0.3) is 0 Å². The highest BCUT2D eigenvalue weighted by Crippen LogP contribution is 1.85. The van der Waals surface area contributed by atoms with Crippen LogP contribution in [0.5, 0.6) is 0 Å². The number of hydrogen-bond acceptors (Lipinski definition) is 0. The topological polar surface area (TPSA) is 0 Å². The summed E-state index contributed by atoms with van der Waals surface area (Å²) in [6.07, 6.45) is 16.3. The smallest absolute Gasteiger partial charge is 0.0169 e. The molecule has 58 valence electrons. The van der Waals surface area contributed by atoms with Gasteiger partial charge in [-0.3, -0.25) is 0 Å². The van der Waals surface area contributed by atoms with Crippen molar-refractivity contribution in [1.82, 2.24) is 0 Å². The van der Waals surface area contributed by atoms with Gasteiger partial charge in [-0.05, 0) is 6.42 Å². The molecule has 0 heteroatoms. The molecule has 0 heterocycles. The first-order valence-corrected chi connectivity index (χ1v) is 3.63. The number of allylic oxidation sites excluding steroid dienone is 8. The number of rotatable bonds is 5. The van der Waals surface area contributed by atoms with Gasteiger partial charge in [-0.25, -0.2) is 0 Å². The molecule has 0 fully saturated rings. The zero-order chi connectivity index (χ0) is 8.36. The monoisotopic (exact) mass is 146 g/mol. The maximum absolute atomic E-state index is 3.61. The van der Waals surface area contributed by atoms with Crippen molar-refractivity contribution in [2.24, 2.45) is 0 Å². The van der Waals surface area contributed by atoms with Crippen LogP contribution < -0.4 is 0 Å². The summed E-state index contributed by atoms with van der Waals surface area (Å²) in [7, 11) is 0. The van der Waals surface area contributed by atoms with Gasteiger partial charge in [0.2, 0.25) is 0 Å². The summed E-state index contributed by atoms with van der Waals surface area (Å²) in [6.45, 7) is 7.16. The van der Waals surface area contributed by atoms with E-state index in [0.29, 0.717) is 0 Å². The Kier molecular flexibility index (Phi) is 7.67. The lowest BCUT2D eigenvalue weighted by molar-refractivity contribution is 1.41. The zero-order valence-corrected chi connectivity index (χ0v) is 6.74. The van der Waals surface area contributed by atoms with Crippen molar-refractivity contribution in [3.63, 3.8) is 0 Å². The summed E-state index contributed by atoms with van der Waals surface area (Å²) in [5.41, 5.74) is 0. The predicted molar refractivity (Wildman–Crippen MR) is 52.4 cm³/mol. The van der Waals surface area contributed by atoms with Crippen LogP contribution in [0.15, 0.2) is 61.8 Å². The second-order valence-corrected chi connectivity index (χ2v) is 1.96. The van der Waals surface area contributed by atoms with Gasteiger partial charge in [0.1, 0.15) is 0 Å². The fraction of sp³-hybridized carbons (Fsp3) is 0.0909. The first kappa shape index (κ1) is 9.70. The van der Waals surface area contributed by atoms with Crippen molar-refractivity contribution in [2.75, 3.05) is 0 Å². The van der Waals surface area contributed by atoms with E-state index >= 15 is 0 Å². The van der Waals surface area contributed by atoms with Gasteiger partial charge >= 0.3 is 0 Å². The van der Waals surface area contributed by atoms with Gasteiger partial charge in [-0.2, -0.15) is 0 Å². The molecule has 0 aliphatic carbocycles. The van der Waals surface area contributed by atoms with Crippen LogP contribution in [-0.4, -0.2) is 0 Å². The van der Waals surface area contributed by atoms with Crippen molar-refractivity contribution in [3.8, 4) is 0 Å². The van der Waals surface area contributed by atoms with Gasteiger partial charge in [0.05, 0.1) is 0 Å². The Hall–Kier alpha value is -1.30. The summed E-state index contributed by atoms with van der Waals surface area (Å²) in [4.78, 5) is 0. The molecule has 0 aliphatic heterocycles. The van der Waals surface area contributed by atoms with E-state index in [4.69, 9.17) is 0 Å². The van der Waals surface area contributed by atoms with Crippen molar-refractivity contribution < 1.29 is 0 Å². The molecule has 0 spiro atoms. The molecule has 0 nitrogen and oxygen atoms in total. The highest BCUT2D eigenvalue weighted by Gasteiger charge is 1.63. The van der Waals surface area contributed by atoms with Gasteiger partial charge in [-0.15, -0.1) is 6.58 Å². The van der Waals surface area contributed by atoms with E-state index in [-0.39, 0.29) is 0 Å². The summed E-state index contributed by atoms with van der Waals surface area (Å²) >= 11 is 0. The standard InChI is InChI=1S/C11H14/c1-3-5-7-9-11-10-8-6-4-2/h3-5,7-11H,1-2,6H2/b7-5+,10-8+,11-9+. The second-order valence-electron chi connectivity index (χ2n) is 1.96. The average Bonchev–Trinajstić information content (AvgIpc) is 2.03. The van der Waals surface area contributed by atoms with Crippen molar-refractivity contribution >= 4 is 0 Å². The Bertz CT molecular complexity index is 180. The molecule has 0 aromatic rings. The van der Waals surface area contributed by atoms with Gasteiger partial charge in [-0.1, -0.05) is 55.2 Å². The molecular formula is C11H14. The first-order valence-electron chi connectivity index (χ1n) is 3.63. The minimum Gasteiger partial charge on any atom is -0.103 e. The quantitative estimate of drug-likeness (QED) is 0.412. The Morgan fingerprint density at radius 1 is 0.818 bits per heavy atom. The van der Waals surface area contributed by atoms with Crippen LogP contribution >= 0.6 is 0 Å². The first-order chi connectivity index (χ1) is 5.41. The molecule has 0 radical (unpaired) electrons. The third-order valence-electron chi connectivity index (χ3n) is 1.02. The SMILES string of the molecule is C=C/C=C/C=C/C=C/CC=C. The number of hydrogen-bond donors (Lipinski definition) is 0. The highest BCUT2D eigenvalue weighted by molar-refractivity contribution is 5.14. The predicted octanol–water partition coefficient (Wildman–Crippen LogP) is 3.42. The van der Waals surface area contributed by atoms with Crippen LogP contribution in [0.25, 0.3) is 0 Å². The lowest BCUT2D eigenvalue weighted by Gasteiger charge is -1.75. The summed E-state index contributed by atoms with van der Waals surface area (Å²) in [5, 5.41) is 0. The van der Waals surface area contributed by atoms with Gasteiger partial charge in [0, 0.05) is 0 Å². The zero-order valence-electron chi connectivity index (χ0n) is 6.74. The minimum atomic E-state index is 0.926. The molecule has 0 atom stereocenters. The average molecular weight is 146 g/mol. The Morgan fingerprint density at radius 3 is 2.09 bits per heavy atom. The summed E-state index contributed by atoms with van der Waals surface area (Å²) in [6, 6.07) is 0. The van der Waals surface area contributed by atoms with Crippen molar-refractivity contribution in [3.05, 3.63) is 61.8 Å². The fourth-order valence-electron chi connectivity index (χ4n) is 0.524. The maximum atomic E-state index is 3.61. The molecule has 0 bridgehead atoms. The maximum Gasteiger partial charge on any atom is -0.0169 e. The molecule has 0 unspecified atom stereocenters. The largest absolute Gasteiger partial charge is 0.103 e. The molecule has 0 rings (SSSR count). The van der Waals surface area contributed by atoms with Crippen LogP contribution in [0, 0.1) is 0 Å². The van der Waals surface area contributed by atoms with Crippen LogP contribution in [0.1, 0.15) is 6.42 Å². The van der Waals surface area contributed by atoms with Crippen LogP contribution in [0.2, 0.25) is 0 Å². The second kappa shape index (κ2) is 8.70. The molecule has 0 aromatic heterocycles. The molecular weight excluding hydrogens is 132 g/mol. The van der Waals surface area contributed by atoms with Crippen LogP contribution in [-0.2, 0) is 0 Å². The third kappa shape index (κ3) is 8.70.